The van der Waals surface area contributed by atoms with Crippen molar-refractivity contribution in [2.45, 2.75) is 17.7 Å². The molecule has 9 heteroatoms. The first-order valence-corrected chi connectivity index (χ1v) is 11.2. The Bertz CT molecular complexity index is 1050. The van der Waals surface area contributed by atoms with Gasteiger partial charge in [-0.25, -0.2) is 12.8 Å². The molecule has 2 aliphatic rings. The highest BCUT2D eigenvalue weighted by Gasteiger charge is 2.36. The van der Waals surface area contributed by atoms with Gasteiger partial charge < -0.3 is 14.4 Å². The van der Waals surface area contributed by atoms with E-state index in [0.29, 0.717) is 31.7 Å². The number of methoxy groups -OCH3 is 1. The van der Waals surface area contributed by atoms with E-state index in [9.17, 15) is 17.6 Å². The molecule has 0 radical (unpaired) electrons. The Morgan fingerprint density at radius 1 is 1.13 bits per heavy atom. The van der Waals surface area contributed by atoms with Crippen LogP contribution in [0.15, 0.2) is 47.4 Å². The van der Waals surface area contributed by atoms with Crippen molar-refractivity contribution in [3.8, 4) is 11.5 Å². The van der Waals surface area contributed by atoms with Gasteiger partial charge in [-0.1, -0.05) is 12.1 Å². The number of carbonyl (C=O) groups excluding carboxylic acids is 1. The van der Waals surface area contributed by atoms with E-state index < -0.39 is 15.8 Å². The van der Waals surface area contributed by atoms with Crippen LogP contribution in [-0.4, -0.2) is 52.0 Å². The van der Waals surface area contributed by atoms with Gasteiger partial charge in [0.25, 0.3) is 0 Å². The van der Waals surface area contributed by atoms with Gasteiger partial charge in [0, 0.05) is 19.0 Å². The largest absolute Gasteiger partial charge is 0.495 e. The van der Waals surface area contributed by atoms with Crippen molar-refractivity contribution in [1.29, 1.82) is 0 Å². The summed E-state index contributed by atoms with van der Waals surface area (Å²) < 4.78 is 51.7. The highest BCUT2D eigenvalue weighted by Crippen LogP contribution is 2.35. The van der Waals surface area contributed by atoms with Crippen molar-refractivity contribution >= 4 is 21.6 Å². The Morgan fingerprint density at radius 2 is 1.87 bits per heavy atom. The number of benzene rings is 2. The molecular formula is C21H23FN2O5S. The number of hydrogen-bond donors (Lipinski definition) is 0. The summed E-state index contributed by atoms with van der Waals surface area (Å²) in [7, 11) is -2.58. The molecule has 1 saturated heterocycles. The third-order valence-corrected chi connectivity index (χ3v) is 7.46. The quantitative estimate of drug-likeness (QED) is 0.740. The van der Waals surface area contributed by atoms with Crippen LogP contribution in [0.4, 0.5) is 10.1 Å². The minimum Gasteiger partial charge on any atom is -0.495 e. The lowest BCUT2D eigenvalue weighted by Crippen LogP contribution is -2.46. The zero-order valence-corrected chi connectivity index (χ0v) is 17.4. The first-order chi connectivity index (χ1) is 14.4. The lowest BCUT2D eigenvalue weighted by molar-refractivity contribution is -0.123. The molecule has 2 heterocycles. The first-order valence-electron chi connectivity index (χ1n) is 9.78. The summed E-state index contributed by atoms with van der Waals surface area (Å²) in [6.45, 7) is 1.26. The second kappa shape index (κ2) is 8.23. The maximum atomic E-state index is 13.7. The van der Waals surface area contributed by atoms with Crippen LogP contribution in [0, 0.1) is 11.7 Å². The molecule has 2 aliphatic heterocycles. The number of halogens is 1. The summed E-state index contributed by atoms with van der Waals surface area (Å²) >= 11 is 0. The van der Waals surface area contributed by atoms with Crippen LogP contribution in [0.25, 0.3) is 0 Å². The van der Waals surface area contributed by atoms with E-state index >= 15 is 0 Å². The summed E-state index contributed by atoms with van der Waals surface area (Å²) in [5.74, 6) is -0.177. The number of para-hydroxylation sites is 2. The van der Waals surface area contributed by atoms with Gasteiger partial charge in [0.05, 0.1) is 19.3 Å². The fraction of sp³-hybridized carbons (Fsp3) is 0.381. The zero-order valence-electron chi connectivity index (χ0n) is 16.6. The van der Waals surface area contributed by atoms with Crippen molar-refractivity contribution in [3.63, 3.8) is 0 Å². The molecule has 0 saturated carbocycles. The molecule has 30 heavy (non-hydrogen) atoms. The zero-order chi connectivity index (χ0) is 21.3. The Morgan fingerprint density at radius 3 is 2.60 bits per heavy atom. The standard InChI is InChI=1S/C21H23FN2O5S/c1-28-19-7-6-16(22)14-20(19)30(26,27)23-10-8-15(9-11-23)21(25)24-12-13-29-18-5-3-2-4-17(18)24/h2-7,14-15H,8-13H2,1H3. The SMILES string of the molecule is COc1ccc(F)cc1S(=O)(=O)N1CCC(C(=O)N2CCOc3ccccc32)CC1. The van der Waals surface area contributed by atoms with Gasteiger partial charge >= 0.3 is 0 Å². The lowest BCUT2D eigenvalue weighted by atomic mass is 9.96. The summed E-state index contributed by atoms with van der Waals surface area (Å²) in [6.07, 6.45) is 0.796. The summed E-state index contributed by atoms with van der Waals surface area (Å²) in [6, 6.07) is 10.8. The Kier molecular flexibility index (Phi) is 5.66. The van der Waals surface area contributed by atoms with E-state index in [0.717, 1.165) is 17.8 Å². The lowest BCUT2D eigenvalue weighted by Gasteiger charge is -2.35. The number of hydrogen-bond acceptors (Lipinski definition) is 5. The number of piperidine rings is 1. The summed E-state index contributed by atoms with van der Waals surface area (Å²) in [4.78, 5) is 14.6. The minimum atomic E-state index is -3.93. The van der Waals surface area contributed by atoms with E-state index in [1.54, 1.807) is 4.90 Å². The molecule has 1 amide bonds. The fourth-order valence-electron chi connectivity index (χ4n) is 3.95. The van der Waals surface area contributed by atoms with Gasteiger partial charge in [-0.2, -0.15) is 4.31 Å². The van der Waals surface area contributed by atoms with Crippen LogP contribution in [-0.2, 0) is 14.8 Å². The molecule has 1 fully saturated rings. The van der Waals surface area contributed by atoms with Crippen LogP contribution >= 0.6 is 0 Å². The van der Waals surface area contributed by atoms with Gasteiger partial charge in [-0.3, -0.25) is 4.79 Å². The Hall–Kier alpha value is -2.65. The van der Waals surface area contributed by atoms with Crippen LogP contribution < -0.4 is 14.4 Å². The van der Waals surface area contributed by atoms with E-state index in [2.05, 4.69) is 0 Å². The smallest absolute Gasteiger partial charge is 0.246 e. The third-order valence-electron chi connectivity index (χ3n) is 5.54. The monoisotopic (exact) mass is 434 g/mol. The predicted molar refractivity (Wildman–Crippen MR) is 109 cm³/mol. The fourth-order valence-corrected chi connectivity index (χ4v) is 5.59. The minimum absolute atomic E-state index is 0.0221. The van der Waals surface area contributed by atoms with Crippen molar-refractivity contribution in [1.82, 2.24) is 4.31 Å². The second-order valence-corrected chi connectivity index (χ2v) is 9.19. The molecule has 0 aliphatic carbocycles. The second-order valence-electron chi connectivity index (χ2n) is 7.28. The molecule has 160 valence electrons. The van der Waals surface area contributed by atoms with E-state index in [1.165, 1.54) is 17.5 Å². The van der Waals surface area contributed by atoms with E-state index in [-0.39, 0.29) is 35.6 Å². The highest BCUT2D eigenvalue weighted by molar-refractivity contribution is 7.89. The van der Waals surface area contributed by atoms with Crippen molar-refractivity contribution in [2.24, 2.45) is 5.92 Å². The number of nitrogens with zero attached hydrogens (tertiary/aromatic N) is 2. The molecule has 0 unspecified atom stereocenters. The third kappa shape index (κ3) is 3.75. The maximum absolute atomic E-state index is 13.7. The summed E-state index contributed by atoms with van der Waals surface area (Å²) in [5, 5.41) is 0. The molecule has 0 aromatic heterocycles. The Balaban J connectivity index is 1.48. The molecule has 0 bridgehead atoms. The molecule has 0 N–H and O–H groups in total. The van der Waals surface area contributed by atoms with Crippen molar-refractivity contribution < 1.29 is 27.1 Å². The molecule has 0 atom stereocenters. The number of anilines is 1. The van der Waals surface area contributed by atoms with Gasteiger partial charge in [0.1, 0.15) is 28.8 Å². The van der Waals surface area contributed by atoms with Crippen molar-refractivity contribution in [2.75, 3.05) is 38.3 Å². The normalized spacial score (nSPS) is 17.9. The molecule has 0 spiro atoms. The Labute approximate surface area is 175 Å². The van der Waals surface area contributed by atoms with Crippen LogP contribution in [0.2, 0.25) is 0 Å². The molecule has 2 aromatic carbocycles. The highest BCUT2D eigenvalue weighted by atomic mass is 32.2. The number of rotatable bonds is 4. The number of fused-ring (bicyclic) bond motifs is 1. The molecular weight excluding hydrogens is 411 g/mol. The van der Waals surface area contributed by atoms with Gasteiger partial charge in [0.2, 0.25) is 15.9 Å². The molecule has 4 rings (SSSR count). The van der Waals surface area contributed by atoms with Gasteiger partial charge in [-0.05, 0) is 43.2 Å². The van der Waals surface area contributed by atoms with Crippen LogP contribution in [0.1, 0.15) is 12.8 Å². The molecule has 2 aromatic rings. The van der Waals surface area contributed by atoms with E-state index in [1.807, 2.05) is 24.3 Å². The van der Waals surface area contributed by atoms with Gasteiger partial charge in [0.15, 0.2) is 0 Å². The first kappa shape index (κ1) is 20.6. The number of carbonyl (C=O) groups is 1. The summed E-state index contributed by atoms with van der Waals surface area (Å²) in [5.41, 5.74) is 0.744. The number of ether oxygens (including phenoxy) is 2. The topological polar surface area (TPSA) is 76.2 Å². The van der Waals surface area contributed by atoms with E-state index in [4.69, 9.17) is 9.47 Å². The predicted octanol–water partition coefficient (Wildman–Crippen LogP) is 2.66. The van der Waals surface area contributed by atoms with Crippen molar-refractivity contribution in [3.05, 3.63) is 48.3 Å². The molecule has 7 nitrogen and oxygen atoms in total. The van der Waals surface area contributed by atoms with Crippen LogP contribution in [0.3, 0.4) is 0 Å². The average molecular weight is 434 g/mol. The van der Waals surface area contributed by atoms with Crippen LogP contribution in [0.5, 0.6) is 11.5 Å². The number of sulfonamides is 1. The average Bonchev–Trinajstić information content (AvgIpc) is 2.78. The maximum Gasteiger partial charge on any atom is 0.246 e. The van der Waals surface area contributed by atoms with Gasteiger partial charge in [-0.15, -0.1) is 0 Å². The number of amides is 1.